The number of fused-ring (bicyclic) bond motifs is 2. The summed E-state index contributed by atoms with van der Waals surface area (Å²) in [6.07, 6.45) is 3.44. The van der Waals surface area contributed by atoms with Gasteiger partial charge in [0.15, 0.2) is 27.2 Å². The van der Waals surface area contributed by atoms with Crippen molar-refractivity contribution in [3.63, 3.8) is 0 Å². The molecule has 1 aliphatic carbocycles. The summed E-state index contributed by atoms with van der Waals surface area (Å²) in [5.74, 6) is -5.05. The van der Waals surface area contributed by atoms with Crippen molar-refractivity contribution >= 4 is 39.2 Å². The number of nitrogens with zero attached hydrogens (tertiary/aromatic N) is 5. The fourth-order valence-corrected chi connectivity index (χ4v) is 8.27. The Morgan fingerprint density at radius 3 is 2.54 bits per heavy atom. The maximum atomic E-state index is 14.8. The fraction of sp³-hybridized carbons (Fsp3) is 0.400. The van der Waals surface area contributed by atoms with Gasteiger partial charge in [-0.3, -0.25) is 19.1 Å². The minimum absolute atomic E-state index is 0.0448. The maximum Gasteiger partial charge on any atom is 0.269 e. The predicted octanol–water partition coefficient (Wildman–Crippen LogP) is 2.46. The van der Waals surface area contributed by atoms with Gasteiger partial charge in [0.25, 0.3) is 5.91 Å². The zero-order chi connectivity index (χ0) is 33.1. The number of nitrogens with two attached hydrogens (primary N) is 1. The average molecular weight is 658 g/mol. The molecule has 4 heterocycles. The van der Waals surface area contributed by atoms with Crippen LogP contribution in [0.1, 0.15) is 77.9 Å². The van der Waals surface area contributed by atoms with Gasteiger partial charge in [-0.25, -0.2) is 21.6 Å². The number of carbonyl (C=O) groups is 3. The van der Waals surface area contributed by atoms with E-state index in [1.807, 2.05) is 6.92 Å². The van der Waals surface area contributed by atoms with Crippen LogP contribution in [0.25, 0.3) is 11.6 Å². The van der Waals surface area contributed by atoms with E-state index in [9.17, 15) is 36.0 Å². The number of carbonyl (C=O) groups excluding carboxylic acids is 3. The van der Waals surface area contributed by atoms with Gasteiger partial charge in [0.05, 0.1) is 40.8 Å². The number of alkyl halides is 1. The molecular formula is C30H30F3N7O5S. The molecule has 1 aromatic carbocycles. The Kier molecular flexibility index (Phi) is 7.94. The molecule has 242 valence electrons. The Balaban J connectivity index is 1.26. The van der Waals surface area contributed by atoms with Gasteiger partial charge >= 0.3 is 0 Å². The number of rotatable bonds is 6. The molecule has 0 saturated carbocycles. The fourth-order valence-electron chi connectivity index (χ4n) is 6.59. The van der Waals surface area contributed by atoms with Crippen molar-refractivity contribution in [2.24, 2.45) is 5.73 Å². The lowest BCUT2D eigenvalue weighted by Gasteiger charge is -2.32. The molecule has 1 saturated heterocycles. The zero-order valence-electron chi connectivity index (χ0n) is 24.8. The molecule has 46 heavy (non-hydrogen) atoms. The first-order chi connectivity index (χ1) is 21.8. The standard InChI is InChI=1S/C30H30F3N7O5S/c1-14-5-17(16-3-4-35-36-11-16)7-20-27(29(34)42)38-40(28(14)20)13-26(41)39-12-18(31)8-24(39)30(43)37-23-6-15(2)46(44,45)25-10-22(33)21(32)9-19(23)25/h3-4,7,9-11,14-15,18,23-24H,5-6,8,12-13H2,1-2H3,(H2,34,42)(H,37,43). The lowest BCUT2D eigenvalue weighted by molar-refractivity contribution is -0.139. The largest absolute Gasteiger partial charge is 0.364 e. The second-order valence-corrected chi connectivity index (χ2v) is 14.3. The normalized spacial score (nSPS) is 24.9. The van der Waals surface area contributed by atoms with Crippen LogP contribution in [-0.2, 0) is 26.0 Å². The summed E-state index contributed by atoms with van der Waals surface area (Å²) in [4.78, 5) is 40.2. The topological polar surface area (TPSA) is 170 Å². The average Bonchev–Trinajstić information content (AvgIpc) is 3.58. The number of halogens is 3. The molecular weight excluding hydrogens is 627 g/mol. The molecule has 3 aromatic rings. The van der Waals surface area contributed by atoms with Gasteiger partial charge in [-0.2, -0.15) is 15.3 Å². The van der Waals surface area contributed by atoms with Crippen molar-refractivity contribution < 1.29 is 36.0 Å². The SMILES string of the molecule is CC1CC(c2ccnnc2)=Cc2c(C(N)=O)nn(CC(=O)N3CC(F)CC3C(=O)NC3CC(C)S(=O)(=O)c4cc(F)c(F)cc43)c21. The second kappa shape index (κ2) is 11.6. The molecule has 3 amide bonds. The third kappa shape index (κ3) is 5.43. The van der Waals surface area contributed by atoms with Crippen molar-refractivity contribution in [2.45, 2.75) is 74.0 Å². The Morgan fingerprint density at radius 2 is 1.85 bits per heavy atom. The number of sulfone groups is 1. The van der Waals surface area contributed by atoms with Crippen LogP contribution < -0.4 is 11.1 Å². The summed E-state index contributed by atoms with van der Waals surface area (Å²) < 4.78 is 69.9. The monoisotopic (exact) mass is 657 g/mol. The molecule has 2 aliphatic heterocycles. The molecule has 1 fully saturated rings. The summed E-state index contributed by atoms with van der Waals surface area (Å²) in [5.41, 5.74) is 8.17. The molecule has 16 heteroatoms. The van der Waals surface area contributed by atoms with E-state index < -0.39 is 74.1 Å². The first-order valence-electron chi connectivity index (χ1n) is 14.6. The van der Waals surface area contributed by atoms with E-state index in [1.54, 1.807) is 24.5 Å². The lowest BCUT2D eigenvalue weighted by Crippen LogP contribution is -2.49. The third-order valence-electron chi connectivity index (χ3n) is 8.84. The van der Waals surface area contributed by atoms with E-state index >= 15 is 0 Å². The maximum absolute atomic E-state index is 14.8. The molecule has 12 nitrogen and oxygen atoms in total. The Bertz CT molecular complexity index is 1900. The van der Waals surface area contributed by atoms with Crippen LogP contribution in [0, 0.1) is 11.6 Å². The van der Waals surface area contributed by atoms with Crippen LogP contribution in [0.3, 0.4) is 0 Å². The number of primary amides is 1. The number of hydrogen-bond donors (Lipinski definition) is 2. The molecule has 3 aliphatic rings. The number of likely N-dealkylation sites (tertiary alicyclic amines) is 1. The number of nitrogens with one attached hydrogen (secondary N) is 1. The first kappa shape index (κ1) is 31.4. The molecule has 6 rings (SSSR count). The molecule has 2 aromatic heterocycles. The molecule has 5 atom stereocenters. The quantitative estimate of drug-likeness (QED) is 0.381. The van der Waals surface area contributed by atoms with E-state index in [1.165, 1.54) is 11.6 Å². The number of allylic oxidation sites excluding steroid dienone is 1. The highest BCUT2D eigenvalue weighted by Gasteiger charge is 2.43. The Morgan fingerprint density at radius 1 is 1.11 bits per heavy atom. The van der Waals surface area contributed by atoms with Crippen LogP contribution >= 0.6 is 0 Å². The van der Waals surface area contributed by atoms with Gasteiger partial charge in [0.2, 0.25) is 11.8 Å². The number of benzene rings is 1. The molecule has 5 unspecified atom stereocenters. The lowest BCUT2D eigenvalue weighted by atomic mass is 9.85. The summed E-state index contributed by atoms with van der Waals surface area (Å²) in [5, 5.41) is 13.6. The van der Waals surface area contributed by atoms with Crippen LogP contribution in [0.5, 0.6) is 0 Å². The van der Waals surface area contributed by atoms with Gasteiger partial charge in [0.1, 0.15) is 18.8 Å². The van der Waals surface area contributed by atoms with Crippen molar-refractivity contribution in [3.05, 3.63) is 70.3 Å². The van der Waals surface area contributed by atoms with Crippen molar-refractivity contribution in [1.29, 1.82) is 0 Å². The van der Waals surface area contributed by atoms with Crippen LogP contribution in [0.15, 0.2) is 35.5 Å². The van der Waals surface area contributed by atoms with Gasteiger partial charge in [-0.15, -0.1) is 0 Å². The number of hydrogen-bond acceptors (Lipinski definition) is 8. The molecule has 0 bridgehead atoms. The van der Waals surface area contributed by atoms with E-state index in [4.69, 9.17) is 5.73 Å². The van der Waals surface area contributed by atoms with Crippen LogP contribution in [0.4, 0.5) is 13.2 Å². The van der Waals surface area contributed by atoms with E-state index in [-0.39, 0.29) is 36.6 Å². The van der Waals surface area contributed by atoms with Crippen LogP contribution in [-0.4, -0.2) is 75.0 Å². The highest BCUT2D eigenvalue weighted by molar-refractivity contribution is 7.92. The summed E-state index contributed by atoms with van der Waals surface area (Å²) in [6.45, 7) is 2.49. The molecule has 0 radical (unpaired) electrons. The zero-order valence-corrected chi connectivity index (χ0v) is 25.6. The highest BCUT2D eigenvalue weighted by atomic mass is 32.2. The minimum Gasteiger partial charge on any atom is -0.364 e. The van der Waals surface area contributed by atoms with Crippen molar-refractivity contribution in [3.8, 4) is 0 Å². The molecule has 0 spiro atoms. The second-order valence-electron chi connectivity index (χ2n) is 11.9. The van der Waals surface area contributed by atoms with Gasteiger partial charge < -0.3 is 16.0 Å². The van der Waals surface area contributed by atoms with E-state index in [0.29, 0.717) is 23.7 Å². The molecule has 3 N–H and O–H groups in total. The third-order valence-corrected chi connectivity index (χ3v) is 11.1. The Hall–Kier alpha value is -4.60. The van der Waals surface area contributed by atoms with E-state index in [2.05, 4.69) is 20.6 Å². The van der Waals surface area contributed by atoms with E-state index in [0.717, 1.165) is 22.1 Å². The summed E-state index contributed by atoms with van der Waals surface area (Å²) in [7, 11) is -3.99. The van der Waals surface area contributed by atoms with Gasteiger partial charge in [0, 0.05) is 17.9 Å². The highest BCUT2D eigenvalue weighted by Crippen LogP contribution is 2.40. The summed E-state index contributed by atoms with van der Waals surface area (Å²) >= 11 is 0. The smallest absolute Gasteiger partial charge is 0.269 e. The van der Waals surface area contributed by atoms with Crippen molar-refractivity contribution in [1.82, 2.24) is 30.2 Å². The van der Waals surface area contributed by atoms with Gasteiger partial charge in [-0.05, 0) is 60.7 Å². The predicted molar refractivity (Wildman–Crippen MR) is 157 cm³/mol. The minimum atomic E-state index is -3.99. The van der Waals surface area contributed by atoms with Gasteiger partial charge in [-0.1, -0.05) is 6.92 Å². The van der Waals surface area contributed by atoms with Crippen molar-refractivity contribution in [2.75, 3.05) is 6.54 Å². The summed E-state index contributed by atoms with van der Waals surface area (Å²) in [6, 6.07) is 0.810. The van der Waals surface area contributed by atoms with Crippen LogP contribution in [0.2, 0.25) is 0 Å². The Labute approximate surface area is 261 Å². The first-order valence-corrected chi connectivity index (χ1v) is 16.2. The number of aromatic nitrogens is 4. The number of amides is 3.